The molecule has 1 fully saturated rings. The first kappa shape index (κ1) is 15.2. The maximum absolute atomic E-state index is 6.06. The Hall–Kier alpha value is 0.0969. The van der Waals surface area contributed by atoms with E-state index in [0.717, 1.165) is 13.0 Å². The molecule has 0 bridgehead atoms. The first-order valence-electron chi connectivity index (χ1n) is 7.03. The molecule has 0 aliphatic heterocycles. The van der Waals surface area contributed by atoms with E-state index in [1.807, 2.05) is 0 Å². The lowest BCUT2D eigenvalue weighted by molar-refractivity contribution is 0.0798. The van der Waals surface area contributed by atoms with E-state index in [4.69, 9.17) is 13.3 Å². The van der Waals surface area contributed by atoms with Crippen molar-refractivity contribution in [2.75, 3.05) is 20.8 Å². The molecule has 3 nitrogen and oxygen atoms in total. The molecular formula is C13H28O3Si. The first-order chi connectivity index (χ1) is 8.29. The Bertz CT molecular complexity index is 189. The third-order valence-electron chi connectivity index (χ3n) is 3.73. The summed E-state index contributed by atoms with van der Waals surface area (Å²) in [4.78, 5) is 0. The van der Waals surface area contributed by atoms with Gasteiger partial charge in [0.25, 0.3) is 0 Å². The maximum Gasteiger partial charge on any atom is 0.503 e. The highest BCUT2D eigenvalue weighted by atomic mass is 28.4. The molecule has 0 spiro atoms. The largest absolute Gasteiger partial charge is 0.503 e. The van der Waals surface area contributed by atoms with Gasteiger partial charge in [0.05, 0.1) is 0 Å². The Morgan fingerprint density at radius 3 is 2.18 bits per heavy atom. The van der Waals surface area contributed by atoms with Crippen molar-refractivity contribution in [3.8, 4) is 0 Å². The molecule has 0 saturated heterocycles. The molecule has 0 radical (unpaired) electrons. The van der Waals surface area contributed by atoms with E-state index in [9.17, 15) is 0 Å². The van der Waals surface area contributed by atoms with Crippen LogP contribution in [0.2, 0.25) is 5.54 Å². The zero-order valence-corrected chi connectivity index (χ0v) is 12.7. The Kier molecular flexibility index (Phi) is 7.35. The highest BCUT2D eigenvalue weighted by molar-refractivity contribution is 6.62. The fourth-order valence-electron chi connectivity index (χ4n) is 2.68. The molecule has 0 amide bonds. The Morgan fingerprint density at radius 2 is 1.65 bits per heavy atom. The van der Waals surface area contributed by atoms with Gasteiger partial charge in [-0.25, -0.2) is 0 Å². The monoisotopic (exact) mass is 260 g/mol. The van der Waals surface area contributed by atoms with E-state index in [1.54, 1.807) is 14.2 Å². The molecule has 0 aromatic rings. The Labute approximate surface area is 107 Å². The lowest BCUT2D eigenvalue weighted by Crippen LogP contribution is -2.49. The zero-order valence-electron chi connectivity index (χ0n) is 11.7. The molecule has 0 atom stereocenters. The van der Waals surface area contributed by atoms with Crippen LogP contribution in [0.3, 0.4) is 0 Å². The van der Waals surface area contributed by atoms with Crippen LogP contribution in [0.5, 0.6) is 0 Å². The van der Waals surface area contributed by atoms with Gasteiger partial charge >= 0.3 is 8.80 Å². The molecule has 0 N–H and O–H groups in total. The van der Waals surface area contributed by atoms with E-state index in [0.29, 0.717) is 5.54 Å². The predicted molar refractivity (Wildman–Crippen MR) is 72.1 cm³/mol. The predicted octanol–water partition coefficient (Wildman–Crippen LogP) is 3.76. The van der Waals surface area contributed by atoms with Crippen LogP contribution in [0.15, 0.2) is 0 Å². The van der Waals surface area contributed by atoms with Crippen molar-refractivity contribution in [2.24, 2.45) is 0 Å². The van der Waals surface area contributed by atoms with Crippen molar-refractivity contribution in [1.82, 2.24) is 0 Å². The van der Waals surface area contributed by atoms with Crippen LogP contribution in [0.1, 0.15) is 58.3 Å². The average Bonchev–Trinajstić information content (AvgIpc) is 2.41. The number of hydrogen-bond acceptors (Lipinski definition) is 3. The van der Waals surface area contributed by atoms with Gasteiger partial charge in [0.15, 0.2) is 0 Å². The summed E-state index contributed by atoms with van der Waals surface area (Å²) in [5, 5.41) is 0. The molecule has 0 unspecified atom stereocenters. The molecule has 0 aromatic carbocycles. The van der Waals surface area contributed by atoms with Crippen LogP contribution in [-0.4, -0.2) is 29.6 Å². The summed E-state index contributed by atoms with van der Waals surface area (Å²) in [5.41, 5.74) is 0.521. The van der Waals surface area contributed by atoms with Crippen molar-refractivity contribution < 1.29 is 13.3 Å². The standard InChI is InChI=1S/C13H28O3Si/c1-4-5-9-12-16-17(14-2,15-3)13-10-7-6-8-11-13/h13H,4-12H2,1-3H3. The van der Waals surface area contributed by atoms with Gasteiger partial charge in [-0.2, -0.15) is 0 Å². The SMILES string of the molecule is CCCCCO[Si](OC)(OC)C1CCCCC1. The van der Waals surface area contributed by atoms with Crippen molar-refractivity contribution in [3.05, 3.63) is 0 Å². The molecule has 1 rings (SSSR count). The lowest BCUT2D eigenvalue weighted by Gasteiger charge is -2.35. The first-order valence-corrected chi connectivity index (χ1v) is 8.83. The molecule has 0 heterocycles. The fourth-order valence-corrected chi connectivity index (χ4v) is 5.52. The normalized spacial score (nSPS) is 18.5. The van der Waals surface area contributed by atoms with Crippen molar-refractivity contribution in [3.63, 3.8) is 0 Å². The third-order valence-corrected chi connectivity index (χ3v) is 7.05. The van der Waals surface area contributed by atoms with Gasteiger partial charge in [-0.15, -0.1) is 0 Å². The van der Waals surface area contributed by atoms with Crippen LogP contribution in [0.4, 0.5) is 0 Å². The minimum Gasteiger partial charge on any atom is -0.377 e. The van der Waals surface area contributed by atoms with Crippen LogP contribution >= 0.6 is 0 Å². The van der Waals surface area contributed by atoms with Crippen molar-refractivity contribution in [2.45, 2.75) is 63.8 Å². The zero-order chi connectivity index (χ0) is 12.6. The quantitative estimate of drug-likeness (QED) is 0.491. The lowest BCUT2D eigenvalue weighted by atomic mass is 10.0. The molecule has 17 heavy (non-hydrogen) atoms. The summed E-state index contributed by atoms with van der Waals surface area (Å²) in [6.07, 6.45) is 9.93. The van der Waals surface area contributed by atoms with E-state index in [-0.39, 0.29) is 0 Å². The van der Waals surface area contributed by atoms with Crippen molar-refractivity contribution >= 4 is 8.80 Å². The van der Waals surface area contributed by atoms with Crippen LogP contribution in [0, 0.1) is 0 Å². The number of rotatable bonds is 8. The molecular weight excluding hydrogens is 232 g/mol. The summed E-state index contributed by atoms with van der Waals surface area (Å²) >= 11 is 0. The maximum atomic E-state index is 6.06. The highest BCUT2D eigenvalue weighted by Gasteiger charge is 2.47. The summed E-state index contributed by atoms with van der Waals surface area (Å²) in [6.45, 7) is 3.00. The number of unbranched alkanes of at least 4 members (excludes halogenated alkanes) is 2. The molecule has 1 saturated carbocycles. The minimum absolute atomic E-state index is 0.521. The summed E-state index contributed by atoms with van der Waals surface area (Å²) in [6, 6.07) is 0. The van der Waals surface area contributed by atoms with Gasteiger partial charge in [-0.1, -0.05) is 39.0 Å². The van der Waals surface area contributed by atoms with Crippen LogP contribution < -0.4 is 0 Å². The van der Waals surface area contributed by atoms with Gasteiger partial charge in [-0.3, -0.25) is 0 Å². The summed E-state index contributed by atoms with van der Waals surface area (Å²) in [5.74, 6) is 0. The van der Waals surface area contributed by atoms with Gasteiger partial charge in [0.1, 0.15) is 0 Å². The molecule has 0 aromatic heterocycles. The second kappa shape index (κ2) is 8.24. The van der Waals surface area contributed by atoms with Gasteiger partial charge < -0.3 is 13.3 Å². The molecule has 1 aliphatic rings. The van der Waals surface area contributed by atoms with Crippen LogP contribution in [0.25, 0.3) is 0 Å². The van der Waals surface area contributed by atoms with E-state index in [2.05, 4.69) is 6.92 Å². The molecule has 4 heteroatoms. The summed E-state index contributed by atoms with van der Waals surface area (Å²) in [7, 11) is 1.12. The Balaban J connectivity index is 2.47. The van der Waals surface area contributed by atoms with E-state index in [1.165, 1.54) is 44.9 Å². The topological polar surface area (TPSA) is 27.7 Å². The average molecular weight is 260 g/mol. The van der Waals surface area contributed by atoms with Gasteiger partial charge in [-0.05, 0) is 19.3 Å². The van der Waals surface area contributed by atoms with Crippen molar-refractivity contribution in [1.29, 1.82) is 0 Å². The minimum atomic E-state index is -2.39. The molecule has 102 valence electrons. The summed E-state index contributed by atoms with van der Waals surface area (Å²) < 4.78 is 17.5. The van der Waals surface area contributed by atoms with Gasteiger partial charge in [0.2, 0.25) is 0 Å². The second-order valence-electron chi connectivity index (χ2n) is 4.90. The smallest absolute Gasteiger partial charge is 0.377 e. The second-order valence-corrected chi connectivity index (χ2v) is 8.03. The fraction of sp³-hybridized carbons (Fsp3) is 1.00. The third kappa shape index (κ3) is 4.36. The van der Waals surface area contributed by atoms with E-state index >= 15 is 0 Å². The van der Waals surface area contributed by atoms with E-state index < -0.39 is 8.80 Å². The Morgan fingerprint density at radius 1 is 1.00 bits per heavy atom. The highest BCUT2D eigenvalue weighted by Crippen LogP contribution is 2.38. The number of hydrogen-bond donors (Lipinski definition) is 0. The van der Waals surface area contributed by atoms with Crippen LogP contribution in [-0.2, 0) is 13.3 Å². The molecule has 1 aliphatic carbocycles. The van der Waals surface area contributed by atoms with Gasteiger partial charge in [0, 0.05) is 26.4 Å².